The molecule has 1 atom stereocenters. The van der Waals surface area contributed by atoms with Gasteiger partial charge in [0.05, 0.1) is 6.61 Å². The van der Waals surface area contributed by atoms with Gasteiger partial charge in [0, 0.05) is 12.8 Å². The molecule has 1 aromatic carbocycles. The fraction of sp³-hybridized carbons (Fsp3) is 0.364. The average Bonchev–Trinajstić information content (AvgIpc) is 2.66. The van der Waals surface area contributed by atoms with E-state index in [1.54, 1.807) is 0 Å². The third kappa shape index (κ3) is 1.94. The molecule has 0 radical (unpaired) electrons. The first kappa shape index (κ1) is 9.98. The van der Waals surface area contributed by atoms with Gasteiger partial charge in [-0.25, -0.2) is 0 Å². The predicted octanol–water partition coefficient (Wildman–Crippen LogP) is 0.576. The van der Waals surface area contributed by atoms with Gasteiger partial charge in [-0.2, -0.15) is 0 Å². The van der Waals surface area contributed by atoms with Crippen molar-refractivity contribution in [3.8, 4) is 5.75 Å². The summed E-state index contributed by atoms with van der Waals surface area (Å²) < 4.78 is 5.46. The minimum atomic E-state index is -0.981. The summed E-state index contributed by atoms with van der Waals surface area (Å²) in [5.41, 5.74) is 7.52. The van der Waals surface area contributed by atoms with Crippen LogP contribution in [-0.4, -0.2) is 23.7 Å². The fourth-order valence-corrected chi connectivity index (χ4v) is 1.77. The molecule has 0 saturated carbocycles. The fourth-order valence-electron chi connectivity index (χ4n) is 1.77. The van der Waals surface area contributed by atoms with Crippen LogP contribution in [0.1, 0.15) is 11.1 Å². The Bertz CT molecular complexity index is 389. The molecule has 1 unspecified atom stereocenters. The van der Waals surface area contributed by atoms with Gasteiger partial charge in [-0.15, -0.1) is 0 Å². The molecule has 2 rings (SSSR count). The maximum absolute atomic E-state index is 10.6. The molecular formula is C11H13NO3. The van der Waals surface area contributed by atoms with Crippen LogP contribution in [0.2, 0.25) is 0 Å². The van der Waals surface area contributed by atoms with Crippen LogP contribution in [0, 0.1) is 0 Å². The minimum absolute atomic E-state index is 0.318. The van der Waals surface area contributed by atoms with Gasteiger partial charge in [0.2, 0.25) is 0 Å². The number of aliphatic carboxylic acids is 1. The Morgan fingerprint density at radius 1 is 1.60 bits per heavy atom. The van der Waals surface area contributed by atoms with E-state index in [0.29, 0.717) is 13.0 Å². The predicted molar refractivity (Wildman–Crippen MR) is 55.0 cm³/mol. The summed E-state index contributed by atoms with van der Waals surface area (Å²) in [5.74, 6) is -0.153. The smallest absolute Gasteiger partial charge is 0.320 e. The number of nitrogens with two attached hydrogens (primary N) is 1. The van der Waals surface area contributed by atoms with Gasteiger partial charge in [0.25, 0.3) is 0 Å². The molecule has 0 bridgehead atoms. The lowest BCUT2D eigenvalue weighted by molar-refractivity contribution is -0.138. The van der Waals surface area contributed by atoms with Gasteiger partial charge in [-0.3, -0.25) is 4.79 Å². The van der Waals surface area contributed by atoms with Gasteiger partial charge >= 0.3 is 5.97 Å². The van der Waals surface area contributed by atoms with Crippen LogP contribution in [0.4, 0.5) is 0 Å². The van der Waals surface area contributed by atoms with E-state index in [4.69, 9.17) is 15.6 Å². The Labute approximate surface area is 87.7 Å². The van der Waals surface area contributed by atoms with Crippen LogP contribution < -0.4 is 10.5 Å². The number of hydrogen-bond donors (Lipinski definition) is 2. The highest BCUT2D eigenvalue weighted by Crippen LogP contribution is 2.29. The van der Waals surface area contributed by atoms with E-state index < -0.39 is 12.0 Å². The van der Waals surface area contributed by atoms with Crippen molar-refractivity contribution in [2.45, 2.75) is 18.9 Å². The second kappa shape index (κ2) is 3.90. The maximum Gasteiger partial charge on any atom is 0.320 e. The normalized spacial score (nSPS) is 15.5. The zero-order chi connectivity index (χ0) is 10.8. The Morgan fingerprint density at radius 2 is 2.40 bits per heavy atom. The van der Waals surface area contributed by atoms with E-state index in [2.05, 4.69) is 0 Å². The van der Waals surface area contributed by atoms with Crippen molar-refractivity contribution in [1.82, 2.24) is 0 Å². The van der Waals surface area contributed by atoms with Crippen molar-refractivity contribution >= 4 is 5.97 Å². The van der Waals surface area contributed by atoms with Crippen molar-refractivity contribution < 1.29 is 14.6 Å². The van der Waals surface area contributed by atoms with Crippen LogP contribution in [0.15, 0.2) is 18.2 Å². The van der Waals surface area contributed by atoms with E-state index in [0.717, 1.165) is 23.3 Å². The number of para-hydroxylation sites is 1. The molecule has 80 valence electrons. The van der Waals surface area contributed by atoms with E-state index in [9.17, 15) is 4.79 Å². The van der Waals surface area contributed by atoms with Crippen LogP contribution in [-0.2, 0) is 17.6 Å². The lowest BCUT2D eigenvalue weighted by Crippen LogP contribution is -2.32. The number of rotatable bonds is 3. The molecule has 4 nitrogen and oxygen atoms in total. The summed E-state index contributed by atoms with van der Waals surface area (Å²) in [4.78, 5) is 10.6. The number of carbonyl (C=O) groups is 1. The van der Waals surface area contributed by atoms with Crippen molar-refractivity contribution in [3.05, 3.63) is 29.3 Å². The summed E-state index contributed by atoms with van der Waals surface area (Å²) in [5, 5.41) is 8.73. The highest BCUT2D eigenvalue weighted by atomic mass is 16.5. The molecule has 15 heavy (non-hydrogen) atoms. The van der Waals surface area contributed by atoms with E-state index >= 15 is 0 Å². The quantitative estimate of drug-likeness (QED) is 0.760. The Kier molecular flexibility index (Phi) is 2.60. The zero-order valence-electron chi connectivity index (χ0n) is 8.27. The lowest BCUT2D eigenvalue weighted by Gasteiger charge is -2.10. The number of carboxylic acids is 1. The first-order valence-corrected chi connectivity index (χ1v) is 4.90. The highest BCUT2D eigenvalue weighted by molar-refractivity contribution is 5.73. The minimum Gasteiger partial charge on any atom is -0.493 e. The first-order chi connectivity index (χ1) is 7.18. The van der Waals surface area contributed by atoms with Crippen LogP contribution >= 0.6 is 0 Å². The van der Waals surface area contributed by atoms with Crippen LogP contribution in [0.25, 0.3) is 0 Å². The topological polar surface area (TPSA) is 72.5 Å². The van der Waals surface area contributed by atoms with E-state index in [1.165, 1.54) is 0 Å². The maximum atomic E-state index is 10.6. The molecule has 0 spiro atoms. The zero-order valence-corrected chi connectivity index (χ0v) is 8.27. The van der Waals surface area contributed by atoms with E-state index in [1.807, 2.05) is 18.2 Å². The summed E-state index contributed by atoms with van der Waals surface area (Å²) in [6, 6.07) is 4.92. The van der Waals surface area contributed by atoms with Crippen molar-refractivity contribution in [2.24, 2.45) is 5.73 Å². The van der Waals surface area contributed by atoms with Crippen molar-refractivity contribution in [3.63, 3.8) is 0 Å². The van der Waals surface area contributed by atoms with Crippen molar-refractivity contribution in [2.75, 3.05) is 6.61 Å². The van der Waals surface area contributed by atoms with Gasteiger partial charge in [0.15, 0.2) is 0 Å². The highest BCUT2D eigenvalue weighted by Gasteiger charge is 2.19. The summed E-state index contributed by atoms with van der Waals surface area (Å²) in [6.07, 6.45) is 1.21. The number of carboxylic acid groups (broad SMARTS) is 1. The van der Waals surface area contributed by atoms with Crippen LogP contribution in [0.3, 0.4) is 0 Å². The van der Waals surface area contributed by atoms with Gasteiger partial charge < -0.3 is 15.6 Å². The second-order valence-corrected chi connectivity index (χ2v) is 3.65. The van der Waals surface area contributed by atoms with E-state index in [-0.39, 0.29) is 0 Å². The Balaban J connectivity index is 2.22. The SMILES string of the molecule is NC(Cc1cccc2c1OCC2)C(=O)O. The molecular weight excluding hydrogens is 194 g/mol. The number of ether oxygens (including phenoxy) is 1. The molecule has 0 fully saturated rings. The average molecular weight is 207 g/mol. The molecule has 1 aromatic rings. The molecule has 0 saturated heterocycles. The second-order valence-electron chi connectivity index (χ2n) is 3.65. The Hall–Kier alpha value is -1.55. The molecule has 0 aromatic heterocycles. The molecule has 3 N–H and O–H groups in total. The standard InChI is InChI=1S/C11H13NO3/c12-9(11(13)14)6-8-3-1-2-7-4-5-15-10(7)8/h1-3,9H,4-6,12H2,(H,13,14). The summed E-state index contributed by atoms with van der Waals surface area (Å²) in [7, 11) is 0. The number of hydrogen-bond acceptors (Lipinski definition) is 3. The summed E-state index contributed by atoms with van der Waals surface area (Å²) >= 11 is 0. The van der Waals surface area contributed by atoms with Crippen molar-refractivity contribution in [1.29, 1.82) is 0 Å². The molecule has 1 heterocycles. The molecule has 0 aliphatic carbocycles. The first-order valence-electron chi connectivity index (χ1n) is 4.90. The molecule has 4 heteroatoms. The van der Waals surface area contributed by atoms with Crippen LogP contribution in [0.5, 0.6) is 5.75 Å². The lowest BCUT2D eigenvalue weighted by atomic mass is 10.0. The number of fused-ring (bicyclic) bond motifs is 1. The molecule has 0 amide bonds. The molecule has 1 aliphatic rings. The third-order valence-electron chi connectivity index (χ3n) is 2.55. The van der Waals surface area contributed by atoms with Gasteiger partial charge in [0.1, 0.15) is 11.8 Å². The summed E-state index contributed by atoms with van der Waals surface area (Å²) in [6.45, 7) is 0.675. The van der Waals surface area contributed by atoms with Gasteiger partial charge in [-0.1, -0.05) is 18.2 Å². The Morgan fingerprint density at radius 3 is 3.13 bits per heavy atom. The van der Waals surface area contributed by atoms with Gasteiger partial charge in [-0.05, 0) is 11.1 Å². The number of benzene rings is 1. The monoisotopic (exact) mass is 207 g/mol. The largest absolute Gasteiger partial charge is 0.493 e. The molecule has 1 aliphatic heterocycles. The third-order valence-corrected chi connectivity index (χ3v) is 2.55.